The van der Waals surface area contributed by atoms with Crippen LogP contribution in [0, 0.1) is 19.7 Å². The minimum Gasteiger partial charge on any atom is -0.444 e. The summed E-state index contributed by atoms with van der Waals surface area (Å²) >= 11 is 0. The van der Waals surface area contributed by atoms with Crippen LogP contribution < -0.4 is 5.69 Å². The molecule has 0 saturated carbocycles. The highest BCUT2D eigenvalue weighted by Gasteiger charge is 2.37. The molecule has 2 aliphatic heterocycles. The summed E-state index contributed by atoms with van der Waals surface area (Å²) in [5.74, 6) is 0.500. The predicted octanol–water partition coefficient (Wildman–Crippen LogP) is 5.67. The molecular formula is C31H35FN6O4S. The van der Waals surface area contributed by atoms with E-state index in [1.807, 2.05) is 33.8 Å². The van der Waals surface area contributed by atoms with Gasteiger partial charge in [-0.3, -0.25) is 9.13 Å². The SMILES string of the molecule is Cc1cc(-n2nc3c(c2-n2ccn(-c4ccc5c(c4)CS(C)(=O)=N5)c2=O)[C@H](C)N(C(=O)OC(C)(C)C)CC3)cc(C)c1F. The maximum Gasteiger partial charge on any atom is 0.410 e. The molecule has 0 saturated heterocycles. The molecule has 0 fully saturated rings. The summed E-state index contributed by atoms with van der Waals surface area (Å²) in [7, 11) is -2.33. The molecule has 0 bridgehead atoms. The van der Waals surface area contributed by atoms with Crippen LogP contribution in [0.4, 0.5) is 14.9 Å². The Kier molecular flexibility index (Phi) is 6.68. The number of aryl methyl sites for hydroxylation is 2. The maximum absolute atomic E-state index is 14.6. The van der Waals surface area contributed by atoms with E-state index in [2.05, 4.69) is 4.36 Å². The lowest BCUT2D eigenvalue weighted by Crippen LogP contribution is -2.42. The van der Waals surface area contributed by atoms with Crippen molar-refractivity contribution in [1.29, 1.82) is 0 Å². The second-order valence-electron chi connectivity index (χ2n) is 12.4. The summed E-state index contributed by atoms with van der Waals surface area (Å²) < 4.78 is 41.9. The van der Waals surface area contributed by atoms with Gasteiger partial charge in [-0.15, -0.1) is 0 Å². The zero-order valence-corrected chi connectivity index (χ0v) is 26.2. The van der Waals surface area contributed by atoms with Crippen LogP contribution in [0.5, 0.6) is 0 Å². The molecule has 4 heterocycles. The molecule has 226 valence electrons. The first kappa shape index (κ1) is 28.9. The number of hydrogen-bond acceptors (Lipinski definition) is 6. The Bertz CT molecular complexity index is 1970. The molecule has 2 aromatic heterocycles. The van der Waals surface area contributed by atoms with Gasteiger partial charge < -0.3 is 9.64 Å². The molecule has 43 heavy (non-hydrogen) atoms. The van der Waals surface area contributed by atoms with Crippen LogP contribution in [-0.4, -0.2) is 52.5 Å². The highest BCUT2D eigenvalue weighted by Crippen LogP contribution is 2.37. The normalized spacial score (nSPS) is 19.6. The number of carbonyl (C=O) groups excluding carboxylic acids is 1. The monoisotopic (exact) mass is 606 g/mol. The van der Waals surface area contributed by atoms with Crippen molar-refractivity contribution < 1.29 is 18.1 Å². The van der Waals surface area contributed by atoms with Crippen molar-refractivity contribution in [3.63, 3.8) is 0 Å². The fourth-order valence-electron chi connectivity index (χ4n) is 5.87. The van der Waals surface area contributed by atoms with Crippen molar-refractivity contribution in [1.82, 2.24) is 23.8 Å². The lowest BCUT2D eigenvalue weighted by Gasteiger charge is -2.34. The molecular weight excluding hydrogens is 571 g/mol. The smallest absolute Gasteiger partial charge is 0.410 e. The first-order valence-electron chi connectivity index (χ1n) is 14.2. The van der Waals surface area contributed by atoms with Crippen LogP contribution in [0.3, 0.4) is 0 Å². The van der Waals surface area contributed by atoms with Gasteiger partial charge in [-0.1, -0.05) is 0 Å². The van der Waals surface area contributed by atoms with E-state index in [9.17, 15) is 18.2 Å². The van der Waals surface area contributed by atoms with Gasteiger partial charge in [0.25, 0.3) is 0 Å². The van der Waals surface area contributed by atoms with Crippen LogP contribution in [0.15, 0.2) is 51.9 Å². The summed E-state index contributed by atoms with van der Waals surface area (Å²) in [6.45, 7) is 11.1. The predicted molar refractivity (Wildman–Crippen MR) is 163 cm³/mol. The van der Waals surface area contributed by atoms with Gasteiger partial charge in [-0.05, 0) is 88.6 Å². The minimum absolute atomic E-state index is 0.297. The molecule has 2 aliphatic rings. The lowest BCUT2D eigenvalue weighted by atomic mass is 10.00. The number of benzene rings is 2. The number of nitrogens with zero attached hydrogens (tertiary/aromatic N) is 6. The Labute approximate surface area is 249 Å². The van der Waals surface area contributed by atoms with E-state index in [0.29, 0.717) is 52.7 Å². The Morgan fingerprint density at radius 2 is 1.74 bits per heavy atom. The van der Waals surface area contributed by atoms with E-state index in [-0.39, 0.29) is 11.5 Å². The molecule has 0 radical (unpaired) electrons. The molecule has 2 atom stereocenters. The zero-order valence-electron chi connectivity index (χ0n) is 25.3. The van der Waals surface area contributed by atoms with Crippen molar-refractivity contribution in [2.75, 3.05) is 12.8 Å². The van der Waals surface area contributed by atoms with E-state index >= 15 is 0 Å². The number of rotatable bonds is 3. The Morgan fingerprint density at radius 1 is 1.07 bits per heavy atom. The summed E-state index contributed by atoms with van der Waals surface area (Å²) in [5.41, 5.74) is 4.08. The number of carbonyl (C=O) groups is 1. The van der Waals surface area contributed by atoms with Gasteiger partial charge in [0.2, 0.25) is 0 Å². The van der Waals surface area contributed by atoms with Gasteiger partial charge in [-0.25, -0.2) is 22.9 Å². The van der Waals surface area contributed by atoms with Crippen LogP contribution >= 0.6 is 0 Å². The third kappa shape index (κ3) is 5.07. The number of aromatic nitrogens is 4. The van der Waals surface area contributed by atoms with Gasteiger partial charge in [0, 0.05) is 37.2 Å². The number of ether oxygens (including phenoxy) is 1. The Balaban J connectivity index is 1.51. The van der Waals surface area contributed by atoms with E-state index in [1.54, 1.807) is 66.3 Å². The molecule has 6 rings (SSSR count). The van der Waals surface area contributed by atoms with Gasteiger partial charge in [-0.2, -0.15) is 9.46 Å². The average Bonchev–Trinajstić information content (AvgIpc) is 3.56. The lowest BCUT2D eigenvalue weighted by molar-refractivity contribution is 0.0159. The molecule has 4 aromatic rings. The fourth-order valence-corrected chi connectivity index (χ4v) is 7.34. The van der Waals surface area contributed by atoms with Crippen molar-refractivity contribution in [2.24, 2.45) is 4.36 Å². The standard InChI is InChI=1S/C31H35FN6O4S/c1-18-14-23(15-19(2)27(18)32)38-28(26-20(3)35(11-10-25(26)33-38)30(40)42-31(4,5)6)37-13-12-36(29(37)39)22-8-9-24-21(16-22)17-43(7,41)34-24/h8-9,12-16,20H,10-11,17H2,1-7H3/t20-,43?/m0/s1. The van der Waals surface area contributed by atoms with Crippen LogP contribution in [-0.2, 0) is 26.6 Å². The van der Waals surface area contributed by atoms with Crippen LogP contribution in [0.25, 0.3) is 17.2 Å². The highest BCUT2D eigenvalue weighted by atomic mass is 32.2. The second kappa shape index (κ2) is 9.94. The summed E-state index contributed by atoms with van der Waals surface area (Å²) in [6, 6.07) is 8.35. The topological polar surface area (TPSA) is 104 Å². The first-order valence-corrected chi connectivity index (χ1v) is 16.2. The number of amides is 1. The summed E-state index contributed by atoms with van der Waals surface area (Å²) in [5, 5.41) is 4.92. The first-order chi connectivity index (χ1) is 20.1. The molecule has 10 nitrogen and oxygen atoms in total. The van der Waals surface area contributed by atoms with Crippen molar-refractivity contribution in [2.45, 2.75) is 65.4 Å². The number of hydrogen-bond donors (Lipinski definition) is 0. The van der Waals surface area contributed by atoms with Gasteiger partial charge in [0.15, 0.2) is 0 Å². The molecule has 0 N–H and O–H groups in total. The van der Waals surface area contributed by atoms with Gasteiger partial charge >= 0.3 is 11.8 Å². The van der Waals surface area contributed by atoms with E-state index < -0.39 is 27.5 Å². The van der Waals surface area contributed by atoms with E-state index in [4.69, 9.17) is 9.84 Å². The summed E-state index contributed by atoms with van der Waals surface area (Å²) in [4.78, 5) is 29.0. The largest absolute Gasteiger partial charge is 0.444 e. The van der Waals surface area contributed by atoms with Crippen LogP contribution in [0.1, 0.15) is 61.7 Å². The number of fused-ring (bicyclic) bond motifs is 2. The number of imidazole rings is 1. The third-order valence-electron chi connectivity index (χ3n) is 7.80. The van der Waals surface area contributed by atoms with E-state index in [1.165, 1.54) is 9.13 Å². The minimum atomic E-state index is -2.33. The number of halogens is 1. The molecule has 0 spiro atoms. The van der Waals surface area contributed by atoms with E-state index in [0.717, 1.165) is 16.8 Å². The van der Waals surface area contributed by atoms with Crippen molar-refractivity contribution in [3.05, 3.63) is 87.0 Å². The molecule has 0 aliphatic carbocycles. The van der Waals surface area contributed by atoms with Gasteiger partial charge in [0.1, 0.15) is 17.2 Å². The third-order valence-corrected chi connectivity index (χ3v) is 9.23. The van der Waals surface area contributed by atoms with Crippen molar-refractivity contribution in [3.8, 4) is 17.2 Å². The average molecular weight is 607 g/mol. The van der Waals surface area contributed by atoms with Crippen LogP contribution in [0.2, 0.25) is 0 Å². The summed E-state index contributed by atoms with van der Waals surface area (Å²) in [6.07, 6.45) is 4.97. The molecule has 1 amide bonds. The second-order valence-corrected chi connectivity index (χ2v) is 14.8. The molecule has 1 unspecified atom stereocenters. The Morgan fingerprint density at radius 3 is 2.42 bits per heavy atom. The highest BCUT2D eigenvalue weighted by molar-refractivity contribution is 7.92. The Hall–Kier alpha value is -4.19. The molecule has 2 aromatic carbocycles. The quantitative estimate of drug-likeness (QED) is 0.299. The zero-order chi connectivity index (χ0) is 31.0. The van der Waals surface area contributed by atoms with Gasteiger partial charge in [0.05, 0.1) is 44.3 Å². The maximum atomic E-state index is 14.6. The van der Waals surface area contributed by atoms with Crippen molar-refractivity contribution >= 4 is 21.5 Å². The molecule has 12 heteroatoms. The fraction of sp³-hybridized carbons (Fsp3) is 0.387.